The number of hydrogen-bond acceptors (Lipinski definition) is 6. The fraction of sp³-hybridized carbons (Fsp3) is 0.886. The van der Waals surface area contributed by atoms with Crippen molar-refractivity contribution in [2.45, 2.75) is 212 Å². The van der Waals surface area contributed by atoms with Crippen molar-refractivity contribution in [3.63, 3.8) is 0 Å². The highest BCUT2D eigenvalue weighted by atomic mass is 31.2. The van der Waals surface area contributed by atoms with Crippen LogP contribution in [-0.4, -0.2) is 68.5 Å². The van der Waals surface area contributed by atoms with Gasteiger partial charge in [0.1, 0.15) is 13.2 Å². The first-order chi connectivity index (χ1) is 25.5. The number of phosphoric acid groups is 1. The lowest BCUT2D eigenvalue weighted by Gasteiger charge is -2.29. The van der Waals surface area contributed by atoms with E-state index in [1.807, 2.05) is 27.2 Å². The molecule has 0 rings (SSSR count). The maximum Gasteiger partial charge on any atom is 0.268 e. The molecule has 0 spiro atoms. The van der Waals surface area contributed by atoms with Gasteiger partial charge in [0.25, 0.3) is 7.82 Å². The van der Waals surface area contributed by atoms with Crippen LogP contribution in [0.25, 0.3) is 0 Å². The summed E-state index contributed by atoms with van der Waals surface area (Å²) in [5.74, 6) is -0.206. The first kappa shape index (κ1) is 52.0. The van der Waals surface area contributed by atoms with E-state index >= 15 is 0 Å². The van der Waals surface area contributed by atoms with Crippen molar-refractivity contribution in [2.75, 3.05) is 40.9 Å². The summed E-state index contributed by atoms with van der Waals surface area (Å²) < 4.78 is 23.2. The number of phosphoric ester groups is 1. The Labute approximate surface area is 328 Å². The first-order valence-electron chi connectivity index (χ1n) is 22.2. The zero-order valence-corrected chi connectivity index (χ0v) is 36.4. The largest absolute Gasteiger partial charge is 0.756 e. The number of nitrogens with zero attached hydrogens (tertiary/aromatic N) is 1. The molecule has 0 aliphatic carbocycles. The molecule has 0 radical (unpaired) electrons. The summed E-state index contributed by atoms with van der Waals surface area (Å²) in [7, 11) is 1.26. The number of quaternary nitrogens is 1. The van der Waals surface area contributed by atoms with Crippen molar-refractivity contribution in [1.82, 2.24) is 5.32 Å². The van der Waals surface area contributed by atoms with E-state index in [9.17, 15) is 19.4 Å². The van der Waals surface area contributed by atoms with Gasteiger partial charge in [-0.25, -0.2) is 0 Å². The monoisotopic (exact) mass is 771 g/mol. The van der Waals surface area contributed by atoms with Gasteiger partial charge in [0.2, 0.25) is 5.91 Å². The lowest BCUT2D eigenvalue weighted by molar-refractivity contribution is -0.870. The molecule has 2 N–H and O–H groups in total. The molecule has 0 aromatic heterocycles. The van der Waals surface area contributed by atoms with Gasteiger partial charge in [0.15, 0.2) is 0 Å². The van der Waals surface area contributed by atoms with Gasteiger partial charge < -0.3 is 28.8 Å². The number of amides is 1. The molecular weight excluding hydrogens is 683 g/mol. The molecule has 3 unspecified atom stereocenters. The number of hydrogen-bond donors (Lipinski definition) is 2. The maximum absolute atomic E-state index is 12.8. The van der Waals surface area contributed by atoms with Crippen LogP contribution < -0.4 is 10.2 Å². The predicted molar refractivity (Wildman–Crippen MR) is 224 cm³/mol. The number of aliphatic hydroxyl groups is 1. The predicted octanol–water partition coefficient (Wildman–Crippen LogP) is 11.5. The van der Waals surface area contributed by atoms with Crippen LogP contribution in [0.15, 0.2) is 24.3 Å². The molecule has 0 aliphatic heterocycles. The number of likely N-dealkylation sites (N-methyl/N-ethyl adjacent to an activating group) is 1. The summed E-state index contributed by atoms with van der Waals surface area (Å²) in [6, 6.07) is -0.886. The number of carbonyl (C=O) groups is 1. The standard InChI is InChI=1S/C44H87N2O6P/c1-6-8-10-12-14-16-18-20-21-22-23-24-26-28-30-32-34-36-38-44(48)45-42(41-52-53(49,50)51-40-39-46(3,4)5)43(47)37-35-33-31-29-27-25-19-17-15-13-11-9-7-2/h23-24,35,37,42-43,47H,6-22,25-34,36,38-41H2,1-5H3,(H-,45,48,49,50)/b24-23-,37-35+. The minimum absolute atomic E-state index is 0.00162. The normalized spacial score (nSPS) is 14.6. The molecular formula is C44H87N2O6P. The van der Waals surface area contributed by atoms with Crippen LogP contribution >= 0.6 is 7.82 Å². The van der Waals surface area contributed by atoms with Crippen molar-refractivity contribution in [1.29, 1.82) is 0 Å². The quantitative estimate of drug-likeness (QED) is 0.0278. The van der Waals surface area contributed by atoms with Gasteiger partial charge in [0.05, 0.1) is 39.9 Å². The minimum Gasteiger partial charge on any atom is -0.756 e. The third-order valence-electron chi connectivity index (χ3n) is 9.91. The fourth-order valence-corrected chi connectivity index (χ4v) is 7.05. The van der Waals surface area contributed by atoms with E-state index in [0.29, 0.717) is 17.4 Å². The van der Waals surface area contributed by atoms with Crippen molar-refractivity contribution in [2.24, 2.45) is 0 Å². The zero-order chi connectivity index (χ0) is 39.3. The molecule has 8 nitrogen and oxygen atoms in total. The Balaban J connectivity index is 4.41. The summed E-state index contributed by atoms with van der Waals surface area (Å²) in [5, 5.41) is 13.8. The van der Waals surface area contributed by atoms with Gasteiger partial charge >= 0.3 is 0 Å². The molecule has 0 saturated heterocycles. The number of aliphatic hydroxyl groups excluding tert-OH is 1. The summed E-state index contributed by atoms with van der Waals surface area (Å²) >= 11 is 0. The minimum atomic E-state index is -4.58. The summed E-state index contributed by atoms with van der Waals surface area (Å²) in [6.07, 6.45) is 42.2. The second kappa shape index (κ2) is 36.6. The maximum atomic E-state index is 12.8. The molecule has 53 heavy (non-hydrogen) atoms. The Morgan fingerprint density at radius 3 is 1.47 bits per heavy atom. The first-order valence-corrected chi connectivity index (χ1v) is 23.7. The van der Waals surface area contributed by atoms with Gasteiger partial charge in [-0.05, 0) is 44.9 Å². The van der Waals surface area contributed by atoms with Gasteiger partial charge in [-0.2, -0.15) is 0 Å². The highest BCUT2D eigenvalue weighted by Crippen LogP contribution is 2.38. The molecule has 0 fully saturated rings. The zero-order valence-electron chi connectivity index (χ0n) is 35.5. The van der Waals surface area contributed by atoms with E-state index in [1.165, 1.54) is 128 Å². The van der Waals surface area contributed by atoms with Crippen LogP contribution in [0.5, 0.6) is 0 Å². The molecule has 1 amide bonds. The van der Waals surface area contributed by atoms with E-state index in [2.05, 4.69) is 31.3 Å². The highest BCUT2D eigenvalue weighted by Gasteiger charge is 2.23. The molecule has 0 bridgehead atoms. The van der Waals surface area contributed by atoms with Crippen LogP contribution in [-0.2, 0) is 18.4 Å². The Bertz CT molecular complexity index is 922. The SMILES string of the molecule is CCCCCCCCCCC/C=C\CCCCCCCC(=O)NC(COP(=O)([O-])OCC[N+](C)(C)C)C(O)/C=C/CCCCCCCCCCCCC. The average Bonchev–Trinajstić information content (AvgIpc) is 3.10. The van der Waals surface area contributed by atoms with Gasteiger partial charge in [0, 0.05) is 6.42 Å². The molecule has 0 aromatic rings. The molecule has 3 atom stereocenters. The molecule has 0 aromatic carbocycles. The summed E-state index contributed by atoms with van der Waals surface area (Å²) in [5.41, 5.74) is 0. The third-order valence-corrected chi connectivity index (χ3v) is 10.9. The number of rotatable bonds is 40. The summed E-state index contributed by atoms with van der Waals surface area (Å²) in [4.78, 5) is 25.3. The van der Waals surface area contributed by atoms with Crippen LogP contribution in [0.4, 0.5) is 0 Å². The Hall–Kier alpha value is -1.02. The van der Waals surface area contributed by atoms with E-state index in [1.54, 1.807) is 6.08 Å². The second-order valence-corrected chi connectivity index (χ2v) is 17.8. The Morgan fingerprint density at radius 2 is 1.04 bits per heavy atom. The lowest BCUT2D eigenvalue weighted by atomic mass is 10.0. The molecule has 9 heteroatoms. The van der Waals surface area contributed by atoms with E-state index in [4.69, 9.17) is 9.05 Å². The number of nitrogens with one attached hydrogen (secondary N) is 1. The van der Waals surface area contributed by atoms with E-state index < -0.39 is 20.0 Å². The second-order valence-electron chi connectivity index (χ2n) is 16.4. The summed E-state index contributed by atoms with van der Waals surface area (Å²) in [6.45, 7) is 4.63. The topological polar surface area (TPSA) is 108 Å². The van der Waals surface area contributed by atoms with Crippen LogP contribution in [0.2, 0.25) is 0 Å². The van der Waals surface area contributed by atoms with Crippen LogP contribution in [0, 0.1) is 0 Å². The molecule has 0 aliphatic rings. The van der Waals surface area contributed by atoms with E-state index in [-0.39, 0.29) is 19.1 Å². The van der Waals surface area contributed by atoms with Crippen LogP contribution in [0.1, 0.15) is 200 Å². The Kier molecular flexibility index (Phi) is 35.9. The van der Waals surface area contributed by atoms with Crippen molar-refractivity contribution in [3.8, 4) is 0 Å². The molecule has 314 valence electrons. The van der Waals surface area contributed by atoms with Gasteiger partial charge in [-0.15, -0.1) is 0 Å². The fourth-order valence-electron chi connectivity index (χ4n) is 6.32. The van der Waals surface area contributed by atoms with Gasteiger partial charge in [-0.3, -0.25) is 9.36 Å². The van der Waals surface area contributed by atoms with Crippen molar-refractivity contribution < 1.29 is 32.9 Å². The average molecular weight is 771 g/mol. The van der Waals surface area contributed by atoms with Crippen LogP contribution in [0.3, 0.4) is 0 Å². The molecule has 0 heterocycles. The smallest absolute Gasteiger partial charge is 0.268 e. The molecule has 0 saturated carbocycles. The Morgan fingerprint density at radius 1 is 0.642 bits per heavy atom. The van der Waals surface area contributed by atoms with Crippen molar-refractivity contribution in [3.05, 3.63) is 24.3 Å². The van der Waals surface area contributed by atoms with E-state index in [0.717, 1.165) is 51.4 Å². The number of unbranched alkanes of at least 4 members (excludes halogenated alkanes) is 25. The third kappa shape index (κ3) is 39.0. The van der Waals surface area contributed by atoms with Crippen molar-refractivity contribution >= 4 is 13.7 Å². The number of carbonyl (C=O) groups excluding carboxylic acids is 1. The highest BCUT2D eigenvalue weighted by molar-refractivity contribution is 7.45. The lowest BCUT2D eigenvalue weighted by Crippen LogP contribution is -2.45. The number of allylic oxidation sites excluding steroid dienone is 3. The van der Waals surface area contributed by atoms with Gasteiger partial charge in [-0.1, -0.05) is 173 Å².